The predicted molar refractivity (Wildman–Crippen MR) is 73.6 cm³/mol. The molecule has 1 aromatic carbocycles. The topological polar surface area (TPSA) is 30.5 Å². The van der Waals surface area contributed by atoms with E-state index >= 15 is 0 Å². The Bertz CT molecular complexity index is 442. The Morgan fingerprint density at radius 1 is 1.26 bits per heavy atom. The Morgan fingerprint density at radius 2 is 2.00 bits per heavy atom. The first-order valence-electron chi connectivity index (χ1n) is 6.80. The average Bonchev–Trinajstić information content (AvgIpc) is 2.43. The van der Waals surface area contributed by atoms with Crippen molar-refractivity contribution in [3.05, 3.63) is 23.0 Å². The highest BCUT2D eigenvalue weighted by atomic mass is 19.1. The van der Waals surface area contributed by atoms with Gasteiger partial charge in [-0.25, -0.2) is 4.39 Å². The third kappa shape index (κ3) is 3.00. The molecule has 1 N–H and O–H groups in total. The van der Waals surface area contributed by atoms with Crippen molar-refractivity contribution in [3.63, 3.8) is 0 Å². The maximum atomic E-state index is 14.0. The molecule has 106 valence electrons. The number of piperidine rings is 1. The third-order valence-corrected chi connectivity index (χ3v) is 3.83. The smallest absolute Gasteiger partial charge is 0.197 e. The fourth-order valence-corrected chi connectivity index (χ4v) is 2.76. The molecule has 4 heteroatoms. The normalized spacial score (nSPS) is 19.3. The molecule has 1 aliphatic heterocycles. The van der Waals surface area contributed by atoms with Crippen molar-refractivity contribution >= 4 is 0 Å². The van der Waals surface area contributed by atoms with E-state index < -0.39 is 0 Å². The highest BCUT2D eigenvalue weighted by Gasteiger charge is 2.20. The van der Waals surface area contributed by atoms with Crippen LogP contribution in [0, 0.1) is 12.7 Å². The van der Waals surface area contributed by atoms with Crippen molar-refractivity contribution in [2.75, 3.05) is 20.8 Å². The van der Waals surface area contributed by atoms with Crippen LogP contribution < -0.4 is 14.8 Å². The molecule has 0 bridgehead atoms. The molecular weight excluding hydrogens is 245 g/mol. The van der Waals surface area contributed by atoms with E-state index in [0.29, 0.717) is 11.8 Å². The SMILES string of the molecule is COc1c(F)cc(CC2CCCCN2)c(C)c1OC. The predicted octanol–water partition coefficient (Wildman–Crippen LogP) is 2.84. The van der Waals surface area contributed by atoms with Gasteiger partial charge in [-0.3, -0.25) is 0 Å². The van der Waals surface area contributed by atoms with Crippen molar-refractivity contribution < 1.29 is 13.9 Å². The second-order valence-corrected chi connectivity index (χ2v) is 5.06. The van der Waals surface area contributed by atoms with E-state index in [1.807, 2.05) is 6.92 Å². The lowest BCUT2D eigenvalue weighted by Gasteiger charge is -2.25. The van der Waals surface area contributed by atoms with Crippen LogP contribution in [0.1, 0.15) is 30.4 Å². The van der Waals surface area contributed by atoms with E-state index in [0.717, 1.165) is 30.5 Å². The molecule has 0 aliphatic carbocycles. The number of hydrogen-bond acceptors (Lipinski definition) is 3. The Balaban J connectivity index is 2.27. The molecular formula is C15H22FNO2. The Labute approximate surface area is 114 Å². The lowest BCUT2D eigenvalue weighted by Crippen LogP contribution is -2.35. The molecule has 1 fully saturated rings. The van der Waals surface area contributed by atoms with Crippen LogP contribution in [0.2, 0.25) is 0 Å². The van der Waals surface area contributed by atoms with Gasteiger partial charge in [-0.05, 0) is 49.9 Å². The number of ether oxygens (including phenoxy) is 2. The van der Waals surface area contributed by atoms with Gasteiger partial charge in [-0.15, -0.1) is 0 Å². The molecule has 0 aromatic heterocycles. The van der Waals surface area contributed by atoms with Crippen LogP contribution in [0.4, 0.5) is 4.39 Å². The summed E-state index contributed by atoms with van der Waals surface area (Å²) < 4.78 is 24.4. The maximum Gasteiger partial charge on any atom is 0.197 e. The van der Waals surface area contributed by atoms with E-state index in [2.05, 4.69) is 5.32 Å². The molecule has 0 saturated carbocycles. The summed E-state index contributed by atoms with van der Waals surface area (Å²) in [5, 5.41) is 3.49. The lowest BCUT2D eigenvalue weighted by molar-refractivity contribution is 0.334. The van der Waals surface area contributed by atoms with Crippen LogP contribution in [0.15, 0.2) is 6.07 Å². The minimum absolute atomic E-state index is 0.195. The van der Waals surface area contributed by atoms with Gasteiger partial charge in [0.2, 0.25) is 0 Å². The summed E-state index contributed by atoms with van der Waals surface area (Å²) in [4.78, 5) is 0. The van der Waals surface area contributed by atoms with Crippen LogP contribution in [0.3, 0.4) is 0 Å². The molecule has 1 unspecified atom stereocenters. The number of halogens is 1. The van der Waals surface area contributed by atoms with Crippen LogP contribution in [-0.4, -0.2) is 26.8 Å². The van der Waals surface area contributed by atoms with Crippen molar-refractivity contribution in [2.45, 2.75) is 38.6 Å². The molecule has 0 radical (unpaired) electrons. The molecule has 1 saturated heterocycles. The number of nitrogens with one attached hydrogen (secondary N) is 1. The minimum atomic E-state index is -0.351. The fourth-order valence-electron chi connectivity index (χ4n) is 2.76. The zero-order valence-electron chi connectivity index (χ0n) is 11.9. The third-order valence-electron chi connectivity index (χ3n) is 3.83. The first kappa shape index (κ1) is 14.1. The van der Waals surface area contributed by atoms with Gasteiger partial charge in [-0.2, -0.15) is 0 Å². The molecule has 19 heavy (non-hydrogen) atoms. The van der Waals surface area contributed by atoms with Crippen LogP contribution in [0.5, 0.6) is 11.5 Å². The summed E-state index contributed by atoms with van der Waals surface area (Å²) in [6, 6.07) is 2.01. The first-order valence-corrected chi connectivity index (χ1v) is 6.80. The maximum absolute atomic E-state index is 14.0. The van der Waals surface area contributed by atoms with E-state index in [-0.39, 0.29) is 11.6 Å². The molecule has 1 atom stereocenters. The summed E-state index contributed by atoms with van der Waals surface area (Å²) in [5.41, 5.74) is 1.96. The summed E-state index contributed by atoms with van der Waals surface area (Å²) in [6.45, 7) is 3.01. The molecule has 3 nitrogen and oxygen atoms in total. The largest absolute Gasteiger partial charge is 0.492 e. The molecule has 1 heterocycles. The van der Waals surface area contributed by atoms with Gasteiger partial charge in [0.05, 0.1) is 14.2 Å². The Kier molecular flexibility index (Phi) is 4.64. The standard InChI is InChI=1S/C15H22FNO2/c1-10-11(8-12-6-4-5-7-17-12)9-13(16)15(19-3)14(10)18-2/h9,12,17H,4-8H2,1-3H3. The zero-order valence-corrected chi connectivity index (χ0v) is 11.9. The monoisotopic (exact) mass is 267 g/mol. The van der Waals surface area contributed by atoms with Gasteiger partial charge in [0, 0.05) is 6.04 Å². The quantitative estimate of drug-likeness (QED) is 0.910. The number of benzene rings is 1. The van der Waals surface area contributed by atoms with Gasteiger partial charge in [0.25, 0.3) is 0 Å². The van der Waals surface area contributed by atoms with Crippen molar-refractivity contribution in [3.8, 4) is 11.5 Å². The van der Waals surface area contributed by atoms with Crippen molar-refractivity contribution in [1.82, 2.24) is 5.32 Å². The van der Waals surface area contributed by atoms with E-state index in [4.69, 9.17) is 9.47 Å². The lowest BCUT2D eigenvalue weighted by atomic mass is 9.94. The van der Waals surface area contributed by atoms with Gasteiger partial charge in [0.1, 0.15) is 0 Å². The summed E-state index contributed by atoms with van der Waals surface area (Å²) >= 11 is 0. The highest BCUT2D eigenvalue weighted by Crippen LogP contribution is 2.36. The summed E-state index contributed by atoms with van der Waals surface area (Å²) in [7, 11) is 3.01. The van der Waals surface area contributed by atoms with Gasteiger partial charge in [0.15, 0.2) is 17.3 Å². The first-order chi connectivity index (χ1) is 9.17. The van der Waals surface area contributed by atoms with Gasteiger partial charge < -0.3 is 14.8 Å². The molecule has 0 amide bonds. The van der Waals surface area contributed by atoms with Gasteiger partial charge >= 0.3 is 0 Å². The highest BCUT2D eigenvalue weighted by molar-refractivity contribution is 5.51. The van der Waals surface area contributed by atoms with Gasteiger partial charge in [-0.1, -0.05) is 6.42 Å². The van der Waals surface area contributed by atoms with Crippen molar-refractivity contribution in [2.24, 2.45) is 0 Å². The fraction of sp³-hybridized carbons (Fsp3) is 0.600. The van der Waals surface area contributed by atoms with Crippen LogP contribution in [0.25, 0.3) is 0 Å². The molecule has 1 aliphatic rings. The Hall–Kier alpha value is -1.29. The average molecular weight is 267 g/mol. The number of methoxy groups -OCH3 is 2. The second-order valence-electron chi connectivity index (χ2n) is 5.06. The summed E-state index contributed by atoms with van der Waals surface area (Å²) in [5.74, 6) is 0.351. The van der Waals surface area contributed by atoms with Crippen molar-refractivity contribution in [1.29, 1.82) is 0 Å². The molecule has 0 spiro atoms. The van der Waals surface area contributed by atoms with E-state index in [1.165, 1.54) is 20.0 Å². The Morgan fingerprint density at radius 3 is 2.58 bits per heavy atom. The minimum Gasteiger partial charge on any atom is -0.492 e. The molecule has 1 aromatic rings. The van der Waals surface area contributed by atoms with E-state index in [1.54, 1.807) is 13.2 Å². The number of rotatable bonds is 4. The van der Waals surface area contributed by atoms with Crippen LogP contribution in [-0.2, 0) is 6.42 Å². The molecule has 2 rings (SSSR count). The second kappa shape index (κ2) is 6.24. The zero-order chi connectivity index (χ0) is 13.8. The van der Waals surface area contributed by atoms with E-state index in [9.17, 15) is 4.39 Å². The number of hydrogen-bond donors (Lipinski definition) is 1. The summed E-state index contributed by atoms with van der Waals surface area (Å²) in [6.07, 6.45) is 4.46. The van der Waals surface area contributed by atoms with Crippen LogP contribution >= 0.6 is 0 Å².